The maximum absolute atomic E-state index is 13.3. The minimum Gasteiger partial charge on any atom is -0.355 e. The maximum atomic E-state index is 13.3. The molecule has 0 aliphatic heterocycles. The van der Waals surface area contributed by atoms with Crippen LogP contribution in [-0.2, 0) is 26.2 Å². The van der Waals surface area contributed by atoms with Gasteiger partial charge in [-0.15, -0.1) is 0 Å². The van der Waals surface area contributed by atoms with Gasteiger partial charge in [0.05, 0.1) is 11.9 Å². The van der Waals surface area contributed by atoms with Gasteiger partial charge in [0.1, 0.15) is 18.4 Å². The molecular formula is C22H27ClFN3O4S. The average Bonchev–Trinajstić information content (AvgIpc) is 2.72. The van der Waals surface area contributed by atoms with Gasteiger partial charge >= 0.3 is 0 Å². The lowest BCUT2D eigenvalue weighted by Gasteiger charge is -2.32. The highest BCUT2D eigenvalue weighted by molar-refractivity contribution is 7.92. The van der Waals surface area contributed by atoms with Gasteiger partial charge < -0.3 is 10.2 Å². The molecule has 10 heteroatoms. The van der Waals surface area contributed by atoms with E-state index in [9.17, 15) is 22.4 Å². The number of sulfonamides is 1. The van der Waals surface area contributed by atoms with Crippen molar-refractivity contribution in [2.24, 2.45) is 0 Å². The molecule has 0 saturated heterocycles. The second-order valence-electron chi connectivity index (χ2n) is 7.37. The molecule has 0 heterocycles. The number of hydrogen-bond donors (Lipinski definition) is 1. The van der Waals surface area contributed by atoms with Crippen LogP contribution in [0.4, 0.5) is 10.1 Å². The van der Waals surface area contributed by atoms with Crippen molar-refractivity contribution >= 4 is 39.1 Å². The minimum absolute atomic E-state index is 0.00352. The Hall–Kier alpha value is -2.65. The molecule has 0 radical (unpaired) electrons. The fourth-order valence-corrected chi connectivity index (χ4v) is 4.22. The van der Waals surface area contributed by atoms with Crippen molar-refractivity contribution in [1.29, 1.82) is 0 Å². The Balaban J connectivity index is 2.42. The van der Waals surface area contributed by atoms with Crippen LogP contribution >= 0.6 is 11.6 Å². The lowest BCUT2D eigenvalue weighted by Crippen LogP contribution is -2.51. The predicted molar refractivity (Wildman–Crippen MR) is 123 cm³/mol. The Labute approximate surface area is 193 Å². The molecule has 0 bridgehead atoms. The number of benzene rings is 2. The van der Waals surface area contributed by atoms with Gasteiger partial charge in [0, 0.05) is 18.1 Å². The van der Waals surface area contributed by atoms with Gasteiger partial charge in [-0.2, -0.15) is 0 Å². The van der Waals surface area contributed by atoms with Crippen molar-refractivity contribution < 1.29 is 22.4 Å². The lowest BCUT2D eigenvalue weighted by atomic mass is 10.1. The Morgan fingerprint density at radius 3 is 2.34 bits per heavy atom. The minimum atomic E-state index is -3.84. The van der Waals surface area contributed by atoms with Crippen LogP contribution in [0.2, 0.25) is 5.02 Å². The monoisotopic (exact) mass is 483 g/mol. The van der Waals surface area contributed by atoms with Gasteiger partial charge in [0.15, 0.2) is 0 Å². The Morgan fingerprint density at radius 1 is 1.16 bits per heavy atom. The third kappa shape index (κ3) is 6.43. The number of amides is 2. The van der Waals surface area contributed by atoms with E-state index in [4.69, 9.17) is 11.6 Å². The van der Waals surface area contributed by atoms with Gasteiger partial charge in [-0.1, -0.05) is 29.8 Å². The molecule has 0 aromatic heterocycles. The van der Waals surface area contributed by atoms with Crippen molar-refractivity contribution in [2.75, 3.05) is 23.7 Å². The quantitative estimate of drug-likeness (QED) is 0.593. The van der Waals surface area contributed by atoms with Crippen molar-refractivity contribution in [3.8, 4) is 0 Å². The number of nitrogens with zero attached hydrogens (tertiary/aromatic N) is 2. The molecule has 1 atom stereocenters. The molecule has 1 unspecified atom stereocenters. The standard InChI is InChI=1S/C22H27ClFN3O4S/c1-5-25-22(29)16(3)26(13-17-9-11-18(24)12-10-17)21(28)14-27(32(4,30)31)20-8-6-7-19(23)15(20)2/h6-12,16H,5,13-14H2,1-4H3,(H,25,29). The van der Waals surface area contributed by atoms with E-state index in [1.807, 2.05) is 0 Å². The molecule has 0 saturated carbocycles. The van der Waals surface area contributed by atoms with Crippen LogP contribution in [0.25, 0.3) is 0 Å². The summed E-state index contributed by atoms with van der Waals surface area (Å²) in [4.78, 5) is 27.1. The Bertz CT molecular complexity index is 1080. The molecular weight excluding hydrogens is 457 g/mol. The van der Waals surface area contributed by atoms with Crippen LogP contribution in [0.15, 0.2) is 42.5 Å². The molecule has 2 aromatic carbocycles. The van der Waals surface area contributed by atoms with E-state index in [0.29, 0.717) is 22.7 Å². The summed E-state index contributed by atoms with van der Waals surface area (Å²) in [5, 5.41) is 3.03. The summed E-state index contributed by atoms with van der Waals surface area (Å²) in [7, 11) is -3.84. The zero-order valence-electron chi connectivity index (χ0n) is 18.4. The van der Waals surface area contributed by atoms with Gasteiger partial charge in [-0.3, -0.25) is 13.9 Å². The first-order valence-electron chi connectivity index (χ1n) is 10.00. The lowest BCUT2D eigenvalue weighted by molar-refractivity contribution is -0.139. The fourth-order valence-electron chi connectivity index (χ4n) is 3.15. The zero-order chi connectivity index (χ0) is 24.1. The molecule has 0 fully saturated rings. The molecule has 2 aromatic rings. The van der Waals surface area contributed by atoms with Crippen LogP contribution in [0.3, 0.4) is 0 Å². The van der Waals surface area contributed by atoms with E-state index < -0.39 is 34.3 Å². The number of rotatable bonds is 9. The van der Waals surface area contributed by atoms with E-state index >= 15 is 0 Å². The van der Waals surface area contributed by atoms with E-state index in [1.54, 1.807) is 39.0 Å². The third-order valence-electron chi connectivity index (χ3n) is 4.97. The van der Waals surface area contributed by atoms with Crippen molar-refractivity contribution in [1.82, 2.24) is 10.2 Å². The first-order chi connectivity index (χ1) is 15.0. The van der Waals surface area contributed by atoms with Gasteiger partial charge in [-0.25, -0.2) is 12.8 Å². The summed E-state index contributed by atoms with van der Waals surface area (Å²) in [5.41, 5.74) is 1.38. The number of likely N-dealkylation sites (N-methyl/N-ethyl adjacent to an activating group) is 1. The number of carbonyl (C=O) groups is 2. The SMILES string of the molecule is CCNC(=O)C(C)N(Cc1ccc(F)cc1)C(=O)CN(c1cccc(Cl)c1C)S(C)(=O)=O. The number of nitrogens with one attached hydrogen (secondary N) is 1. The topological polar surface area (TPSA) is 86.8 Å². The third-order valence-corrected chi connectivity index (χ3v) is 6.51. The second-order valence-corrected chi connectivity index (χ2v) is 9.69. The van der Waals surface area contributed by atoms with Crippen molar-refractivity contribution in [3.63, 3.8) is 0 Å². The van der Waals surface area contributed by atoms with Gasteiger partial charge in [-0.05, 0) is 56.2 Å². The number of hydrogen-bond acceptors (Lipinski definition) is 4. The highest BCUT2D eigenvalue weighted by atomic mass is 35.5. The van der Waals surface area contributed by atoms with Crippen LogP contribution in [0.1, 0.15) is 25.0 Å². The Morgan fingerprint density at radius 2 is 1.78 bits per heavy atom. The molecule has 0 aliphatic rings. The number of halogens is 2. The summed E-state index contributed by atoms with van der Waals surface area (Å²) in [6.07, 6.45) is 0.998. The highest BCUT2D eigenvalue weighted by Crippen LogP contribution is 2.28. The van der Waals surface area contributed by atoms with Gasteiger partial charge in [0.25, 0.3) is 0 Å². The second kappa shape index (κ2) is 10.8. The number of carbonyl (C=O) groups excluding carboxylic acids is 2. The molecule has 174 valence electrons. The summed E-state index contributed by atoms with van der Waals surface area (Å²) < 4.78 is 39.4. The number of anilines is 1. The van der Waals surface area contributed by atoms with Crippen LogP contribution < -0.4 is 9.62 Å². The molecule has 2 amide bonds. The van der Waals surface area contributed by atoms with Crippen LogP contribution in [0.5, 0.6) is 0 Å². The fraction of sp³-hybridized carbons (Fsp3) is 0.364. The summed E-state index contributed by atoms with van der Waals surface area (Å²) in [5.74, 6) is -1.39. The first kappa shape index (κ1) is 25.6. The molecule has 2 rings (SSSR count). The largest absolute Gasteiger partial charge is 0.355 e. The molecule has 32 heavy (non-hydrogen) atoms. The van der Waals surface area contributed by atoms with E-state index in [-0.39, 0.29) is 18.1 Å². The first-order valence-corrected chi connectivity index (χ1v) is 12.2. The van der Waals surface area contributed by atoms with E-state index in [1.165, 1.54) is 29.2 Å². The summed E-state index contributed by atoms with van der Waals surface area (Å²) >= 11 is 6.15. The predicted octanol–water partition coefficient (Wildman–Crippen LogP) is 3.11. The van der Waals surface area contributed by atoms with Crippen LogP contribution in [-0.4, -0.2) is 50.5 Å². The zero-order valence-corrected chi connectivity index (χ0v) is 20.0. The van der Waals surface area contributed by atoms with E-state index in [2.05, 4.69) is 5.32 Å². The van der Waals surface area contributed by atoms with Crippen LogP contribution in [0, 0.1) is 12.7 Å². The smallest absolute Gasteiger partial charge is 0.244 e. The summed E-state index contributed by atoms with van der Waals surface area (Å²) in [6, 6.07) is 9.44. The molecule has 1 N–H and O–H groups in total. The normalized spacial score (nSPS) is 12.2. The van der Waals surface area contributed by atoms with Crippen molar-refractivity contribution in [2.45, 2.75) is 33.4 Å². The average molecular weight is 484 g/mol. The Kier molecular flexibility index (Phi) is 8.63. The summed E-state index contributed by atoms with van der Waals surface area (Å²) in [6.45, 7) is 4.83. The highest BCUT2D eigenvalue weighted by Gasteiger charge is 2.30. The molecule has 0 spiro atoms. The molecule has 0 aliphatic carbocycles. The van der Waals surface area contributed by atoms with E-state index in [0.717, 1.165) is 10.6 Å². The molecule has 7 nitrogen and oxygen atoms in total. The maximum Gasteiger partial charge on any atom is 0.244 e. The van der Waals surface area contributed by atoms with Crippen molar-refractivity contribution in [3.05, 3.63) is 64.4 Å². The van der Waals surface area contributed by atoms with Gasteiger partial charge in [0.2, 0.25) is 21.8 Å².